The summed E-state index contributed by atoms with van der Waals surface area (Å²) in [4.78, 5) is 0. The van der Waals surface area contributed by atoms with Crippen molar-refractivity contribution in [3.05, 3.63) is 0 Å². The van der Waals surface area contributed by atoms with Gasteiger partial charge >= 0.3 is 0 Å². The maximum absolute atomic E-state index is 2.27. The Morgan fingerprint density at radius 3 is 0.760 bits per heavy atom. The lowest BCUT2D eigenvalue weighted by atomic mass is 9.84. The van der Waals surface area contributed by atoms with Crippen molar-refractivity contribution in [1.82, 2.24) is 0 Å². The third-order valence-electron chi connectivity index (χ3n) is 3.79. The minimum atomic E-state index is 0.500. The van der Waals surface area contributed by atoms with Crippen molar-refractivity contribution >= 4 is 0 Å². The van der Waals surface area contributed by atoms with Crippen LogP contribution in [0.5, 0.6) is 0 Å². The van der Waals surface area contributed by atoms with Crippen LogP contribution in [0.1, 0.15) is 137 Å². The summed E-state index contributed by atoms with van der Waals surface area (Å²) in [5.41, 5.74) is 2.09. The van der Waals surface area contributed by atoms with E-state index in [-0.39, 0.29) is 0 Å². The molecule has 25 heavy (non-hydrogen) atoms. The zero-order valence-corrected chi connectivity index (χ0v) is 21.7. The summed E-state index contributed by atoms with van der Waals surface area (Å²) < 4.78 is 0. The lowest BCUT2D eigenvalue weighted by molar-refractivity contribution is 0.283. The molecule has 0 N–H and O–H groups in total. The van der Waals surface area contributed by atoms with Crippen LogP contribution in [-0.4, -0.2) is 0 Å². The van der Waals surface area contributed by atoms with Gasteiger partial charge in [-0.2, -0.15) is 0 Å². The molecule has 0 heteroatoms. The third kappa shape index (κ3) is 68.7. The average Bonchev–Trinajstić information content (AvgIpc) is 2.24. The van der Waals surface area contributed by atoms with Gasteiger partial charge in [0.2, 0.25) is 0 Å². The van der Waals surface area contributed by atoms with Gasteiger partial charge in [0.15, 0.2) is 0 Å². The zero-order chi connectivity index (χ0) is 21.7. The first kappa shape index (κ1) is 32.7. The Hall–Kier alpha value is 0. The summed E-state index contributed by atoms with van der Waals surface area (Å²) in [6.45, 7) is 38.0. The maximum atomic E-state index is 2.27. The summed E-state index contributed by atoms with van der Waals surface area (Å²) >= 11 is 0. The van der Waals surface area contributed by atoms with E-state index in [1.54, 1.807) is 0 Å². The molecule has 0 bridgehead atoms. The van der Waals surface area contributed by atoms with E-state index in [1.165, 1.54) is 19.3 Å². The van der Waals surface area contributed by atoms with E-state index in [0.717, 1.165) is 5.92 Å². The van der Waals surface area contributed by atoms with Crippen LogP contribution in [0, 0.1) is 27.6 Å². The Labute approximate surface area is 165 Å². The van der Waals surface area contributed by atoms with Gasteiger partial charge in [0, 0.05) is 0 Å². The quantitative estimate of drug-likeness (QED) is 0.437. The molecule has 0 saturated carbocycles. The fourth-order valence-electron chi connectivity index (χ4n) is 0.750. The van der Waals surface area contributed by atoms with Crippen molar-refractivity contribution in [3.63, 3.8) is 0 Å². The van der Waals surface area contributed by atoms with Crippen molar-refractivity contribution in [2.24, 2.45) is 27.6 Å². The van der Waals surface area contributed by atoms with Gasteiger partial charge < -0.3 is 0 Å². The molecule has 0 spiro atoms. The maximum Gasteiger partial charge on any atom is -0.0360 e. The van der Waals surface area contributed by atoms with E-state index in [1.807, 2.05) is 0 Å². The van der Waals surface area contributed by atoms with Gasteiger partial charge in [0.25, 0.3) is 0 Å². The molecular formula is C25H58. The molecule has 0 saturated heterocycles. The van der Waals surface area contributed by atoms with Crippen LogP contribution in [0.15, 0.2) is 0 Å². The second-order valence-corrected chi connectivity index (χ2v) is 12.7. The highest BCUT2D eigenvalue weighted by atomic mass is 14.2. The summed E-state index contributed by atoms with van der Waals surface area (Å²) in [6, 6.07) is 0. The molecule has 0 heterocycles. The highest BCUT2D eigenvalue weighted by Gasteiger charge is 2.13. The first-order chi connectivity index (χ1) is 10.6. The van der Waals surface area contributed by atoms with Gasteiger partial charge in [-0.05, 0) is 34.0 Å². The first-order valence-electron chi connectivity index (χ1n) is 10.6. The van der Waals surface area contributed by atoms with Crippen molar-refractivity contribution in [3.8, 4) is 0 Å². The van der Waals surface area contributed by atoms with Gasteiger partial charge in [-0.1, -0.05) is 131 Å². The fourth-order valence-corrected chi connectivity index (χ4v) is 0.750. The molecule has 0 aromatic rings. The van der Waals surface area contributed by atoms with E-state index in [4.69, 9.17) is 0 Å². The predicted octanol–water partition coefficient (Wildman–Crippen LogP) is 10.0. The van der Waals surface area contributed by atoms with Crippen LogP contribution in [0.4, 0.5) is 0 Å². The van der Waals surface area contributed by atoms with Crippen molar-refractivity contribution < 1.29 is 0 Å². The molecule has 158 valence electrons. The summed E-state index contributed by atoms with van der Waals surface area (Å²) in [5.74, 6) is 0.799. The van der Waals surface area contributed by atoms with E-state index >= 15 is 0 Å². The predicted molar refractivity (Wildman–Crippen MR) is 124 cm³/mol. The molecule has 0 aliphatic carbocycles. The van der Waals surface area contributed by atoms with Crippen LogP contribution in [-0.2, 0) is 0 Å². The topological polar surface area (TPSA) is 0 Å². The monoisotopic (exact) mass is 358 g/mol. The summed E-state index contributed by atoms with van der Waals surface area (Å²) in [5, 5.41) is 0. The largest absolute Gasteiger partial charge is 0.0654 e. The van der Waals surface area contributed by atoms with E-state index in [2.05, 4.69) is 118 Å². The molecular weight excluding hydrogens is 300 g/mol. The molecule has 0 aliphatic heterocycles. The molecule has 0 fully saturated rings. The van der Waals surface area contributed by atoms with Gasteiger partial charge in [-0.3, -0.25) is 0 Å². The SMILES string of the molecule is CC(C)(C)C.CC(C)C(C)(C)C.CCC(C)(C)C.CCCC(C)(C)C. The highest BCUT2D eigenvalue weighted by Crippen LogP contribution is 2.23. The molecule has 0 atom stereocenters. The Bertz CT molecular complexity index is 248. The normalized spacial score (nSPS) is 12.2. The van der Waals surface area contributed by atoms with Crippen LogP contribution in [0.2, 0.25) is 0 Å². The molecule has 0 aliphatic rings. The van der Waals surface area contributed by atoms with Crippen LogP contribution >= 0.6 is 0 Å². The second kappa shape index (κ2) is 14.1. The van der Waals surface area contributed by atoms with Gasteiger partial charge in [0.1, 0.15) is 0 Å². The minimum Gasteiger partial charge on any atom is -0.0654 e. The zero-order valence-electron chi connectivity index (χ0n) is 21.7. The Balaban J connectivity index is -0.000000119. The molecule has 0 aromatic carbocycles. The van der Waals surface area contributed by atoms with Crippen molar-refractivity contribution in [2.75, 3.05) is 0 Å². The van der Waals surface area contributed by atoms with Gasteiger partial charge in [-0.15, -0.1) is 0 Å². The minimum absolute atomic E-state index is 0.500. The molecule has 0 radical (unpaired) electrons. The lowest BCUT2D eigenvalue weighted by Gasteiger charge is -2.22. The Morgan fingerprint density at radius 1 is 0.560 bits per heavy atom. The molecule has 0 unspecified atom stereocenters. The lowest BCUT2D eigenvalue weighted by Crippen LogP contribution is -2.12. The molecule has 0 amide bonds. The molecule has 0 aromatic heterocycles. The third-order valence-corrected chi connectivity index (χ3v) is 3.79. The Morgan fingerprint density at radius 2 is 0.760 bits per heavy atom. The smallest absolute Gasteiger partial charge is 0.0360 e. The van der Waals surface area contributed by atoms with Crippen LogP contribution in [0.25, 0.3) is 0 Å². The van der Waals surface area contributed by atoms with E-state index in [9.17, 15) is 0 Å². The van der Waals surface area contributed by atoms with Crippen molar-refractivity contribution in [1.29, 1.82) is 0 Å². The molecule has 0 rings (SSSR count). The summed E-state index contributed by atoms with van der Waals surface area (Å²) in [6.07, 6.45) is 3.92. The highest BCUT2D eigenvalue weighted by molar-refractivity contribution is 4.64. The molecule has 0 nitrogen and oxygen atoms in total. The fraction of sp³-hybridized carbons (Fsp3) is 1.00. The van der Waals surface area contributed by atoms with E-state index in [0.29, 0.717) is 21.7 Å². The van der Waals surface area contributed by atoms with Gasteiger partial charge in [-0.25, -0.2) is 0 Å². The standard InChI is InChI=1S/2C7H16.C6H14.C5H12/c1-6(2)7(3,4)5;1-5-6-7(2,3)4;1-5-6(2,3)4;1-5(2,3)4/h6H,1-5H3;5-6H2,1-4H3;5H2,1-4H3;1-4H3. The van der Waals surface area contributed by atoms with Crippen LogP contribution in [0.3, 0.4) is 0 Å². The van der Waals surface area contributed by atoms with Crippen LogP contribution < -0.4 is 0 Å². The average molecular weight is 359 g/mol. The summed E-state index contributed by atoms with van der Waals surface area (Å²) in [7, 11) is 0. The number of rotatable bonds is 1. The van der Waals surface area contributed by atoms with Gasteiger partial charge in [0.05, 0.1) is 0 Å². The number of hydrogen-bond donors (Lipinski definition) is 0. The second-order valence-electron chi connectivity index (χ2n) is 12.7. The van der Waals surface area contributed by atoms with Crippen molar-refractivity contribution in [2.45, 2.75) is 137 Å². The first-order valence-corrected chi connectivity index (χ1v) is 10.6. The number of hydrogen-bond acceptors (Lipinski definition) is 0. The Kier molecular flexibility index (Phi) is 18.4. The van der Waals surface area contributed by atoms with E-state index < -0.39 is 0 Å².